The molecular formula is C22H33N3O6. The summed E-state index contributed by atoms with van der Waals surface area (Å²) in [5.74, 6) is 1.08. The van der Waals surface area contributed by atoms with Gasteiger partial charge in [0.05, 0.1) is 6.42 Å². The Labute approximate surface area is 183 Å². The van der Waals surface area contributed by atoms with Gasteiger partial charge in [0.2, 0.25) is 13.1 Å². The largest absolute Gasteiger partial charge is 0.454 e. The summed E-state index contributed by atoms with van der Waals surface area (Å²) in [5.41, 5.74) is 1.03. The Bertz CT molecular complexity index is 766. The number of piperazine rings is 1. The van der Waals surface area contributed by atoms with E-state index in [2.05, 4.69) is 16.8 Å². The van der Waals surface area contributed by atoms with Crippen molar-refractivity contribution in [2.75, 3.05) is 53.6 Å². The molecule has 0 spiro atoms. The number of benzene rings is 1. The first kappa shape index (κ1) is 23.1. The maximum absolute atomic E-state index is 12.4. The molecular weight excluding hydrogens is 402 g/mol. The minimum Gasteiger partial charge on any atom is -0.454 e. The molecule has 2 unspecified atom stereocenters. The van der Waals surface area contributed by atoms with Crippen molar-refractivity contribution in [3.8, 4) is 11.5 Å². The zero-order valence-corrected chi connectivity index (χ0v) is 18.8. The quantitative estimate of drug-likeness (QED) is 0.453. The average Bonchev–Trinajstić information content (AvgIpc) is 3.20. The van der Waals surface area contributed by atoms with Gasteiger partial charge in [0.25, 0.3) is 0 Å². The van der Waals surface area contributed by atoms with Gasteiger partial charge in [-0.1, -0.05) is 6.07 Å². The zero-order chi connectivity index (χ0) is 22.4. The molecule has 3 rings (SSSR count). The van der Waals surface area contributed by atoms with Crippen LogP contribution in [0, 0.1) is 0 Å². The number of amides is 1. The second-order valence-corrected chi connectivity index (χ2v) is 8.19. The summed E-state index contributed by atoms with van der Waals surface area (Å²) in [6, 6.07) is 5.62. The van der Waals surface area contributed by atoms with Crippen molar-refractivity contribution in [1.82, 2.24) is 14.7 Å². The third-order valence-corrected chi connectivity index (χ3v) is 5.71. The summed E-state index contributed by atoms with van der Waals surface area (Å²) in [6.07, 6.45) is -0.566. The molecule has 1 saturated heterocycles. The Hall–Kier alpha value is -2.52. The molecule has 0 N–H and O–H groups in total. The SMILES string of the molecule is CC(OC(=O)CCN1CCN(C)CC1)OC(=O)N(C)C(C)Cc1ccc2c(c1)OCO2. The van der Waals surface area contributed by atoms with Gasteiger partial charge < -0.3 is 33.6 Å². The molecule has 2 aliphatic rings. The molecule has 9 nitrogen and oxygen atoms in total. The highest BCUT2D eigenvalue weighted by molar-refractivity contribution is 5.71. The summed E-state index contributed by atoms with van der Waals surface area (Å²) in [6.45, 7) is 8.26. The molecule has 1 amide bonds. The fraction of sp³-hybridized carbons (Fsp3) is 0.636. The van der Waals surface area contributed by atoms with Crippen LogP contribution in [0.15, 0.2) is 18.2 Å². The Balaban J connectivity index is 1.38. The van der Waals surface area contributed by atoms with Gasteiger partial charge in [-0.25, -0.2) is 4.79 Å². The second-order valence-electron chi connectivity index (χ2n) is 8.19. The van der Waals surface area contributed by atoms with E-state index in [1.54, 1.807) is 14.0 Å². The van der Waals surface area contributed by atoms with Crippen LogP contribution in [0.25, 0.3) is 0 Å². The fourth-order valence-corrected chi connectivity index (χ4v) is 3.54. The highest BCUT2D eigenvalue weighted by Crippen LogP contribution is 2.33. The molecule has 1 fully saturated rings. The van der Waals surface area contributed by atoms with E-state index in [4.69, 9.17) is 18.9 Å². The van der Waals surface area contributed by atoms with Crippen LogP contribution < -0.4 is 9.47 Å². The van der Waals surface area contributed by atoms with E-state index in [1.807, 2.05) is 25.1 Å². The zero-order valence-electron chi connectivity index (χ0n) is 18.8. The maximum atomic E-state index is 12.4. The van der Waals surface area contributed by atoms with Gasteiger partial charge in [-0.15, -0.1) is 0 Å². The van der Waals surface area contributed by atoms with Crippen LogP contribution in [0.2, 0.25) is 0 Å². The number of hydrogen-bond donors (Lipinski definition) is 0. The average molecular weight is 436 g/mol. The van der Waals surface area contributed by atoms with Crippen molar-refractivity contribution < 1.29 is 28.5 Å². The molecule has 2 aliphatic heterocycles. The number of nitrogens with zero attached hydrogens (tertiary/aromatic N) is 3. The fourth-order valence-electron chi connectivity index (χ4n) is 3.54. The molecule has 1 aromatic carbocycles. The van der Waals surface area contributed by atoms with E-state index < -0.39 is 12.4 Å². The molecule has 9 heteroatoms. The normalized spacial score (nSPS) is 18.3. The van der Waals surface area contributed by atoms with Gasteiger partial charge in [0.1, 0.15) is 0 Å². The van der Waals surface area contributed by atoms with Crippen molar-refractivity contribution in [3.63, 3.8) is 0 Å². The first-order valence-electron chi connectivity index (χ1n) is 10.7. The summed E-state index contributed by atoms with van der Waals surface area (Å²) >= 11 is 0. The van der Waals surface area contributed by atoms with E-state index in [0.29, 0.717) is 18.7 Å². The molecule has 0 aliphatic carbocycles. The minimum absolute atomic E-state index is 0.118. The Kier molecular flexibility index (Phi) is 7.97. The van der Waals surface area contributed by atoms with Gasteiger partial charge in [-0.3, -0.25) is 4.79 Å². The van der Waals surface area contributed by atoms with E-state index in [-0.39, 0.29) is 25.2 Å². The van der Waals surface area contributed by atoms with Crippen LogP contribution in [0.3, 0.4) is 0 Å². The summed E-state index contributed by atoms with van der Waals surface area (Å²) in [4.78, 5) is 30.5. The van der Waals surface area contributed by atoms with E-state index in [0.717, 1.165) is 37.5 Å². The van der Waals surface area contributed by atoms with Crippen LogP contribution in [-0.4, -0.2) is 92.7 Å². The smallest absolute Gasteiger partial charge is 0.412 e. The van der Waals surface area contributed by atoms with Crippen molar-refractivity contribution in [1.29, 1.82) is 0 Å². The lowest BCUT2D eigenvalue weighted by Gasteiger charge is -2.32. The summed E-state index contributed by atoms with van der Waals surface area (Å²) in [7, 11) is 3.76. The Morgan fingerprint density at radius 3 is 2.55 bits per heavy atom. The van der Waals surface area contributed by atoms with Gasteiger partial charge in [0.15, 0.2) is 11.5 Å². The monoisotopic (exact) mass is 435 g/mol. The van der Waals surface area contributed by atoms with Crippen molar-refractivity contribution in [2.24, 2.45) is 0 Å². The number of fused-ring (bicyclic) bond motifs is 1. The second kappa shape index (κ2) is 10.7. The van der Waals surface area contributed by atoms with Gasteiger partial charge in [-0.2, -0.15) is 0 Å². The Morgan fingerprint density at radius 1 is 1.10 bits per heavy atom. The predicted molar refractivity (Wildman–Crippen MR) is 114 cm³/mol. The lowest BCUT2D eigenvalue weighted by atomic mass is 10.1. The van der Waals surface area contributed by atoms with Crippen LogP contribution in [0.1, 0.15) is 25.8 Å². The van der Waals surface area contributed by atoms with Crippen molar-refractivity contribution >= 4 is 12.1 Å². The minimum atomic E-state index is -0.937. The molecule has 0 radical (unpaired) electrons. The topological polar surface area (TPSA) is 80.8 Å². The van der Waals surface area contributed by atoms with Gasteiger partial charge in [-0.05, 0) is 38.1 Å². The molecule has 172 valence electrons. The third-order valence-electron chi connectivity index (χ3n) is 5.71. The van der Waals surface area contributed by atoms with Crippen LogP contribution >= 0.6 is 0 Å². The van der Waals surface area contributed by atoms with E-state index in [9.17, 15) is 9.59 Å². The number of ether oxygens (including phenoxy) is 4. The van der Waals surface area contributed by atoms with Crippen molar-refractivity contribution in [3.05, 3.63) is 23.8 Å². The highest BCUT2D eigenvalue weighted by atomic mass is 16.7. The molecule has 31 heavy (non-hydrogen) atoms. The number of carbonyl (C=O) groups excluding carboxylic acids is 2. The predicted octanol–water partition coefficient (Wildman–Crippen LogP) is 1.94. The number of esters is 1. The lowest BCUT2D eigenvalue weighted by Crippen LogP contribution is -2.45. The van der Waals surface area contributed by atoms with E-state index >= 15 is 0 Å². The van der Waals surface area contributed by atoms with Gasteiger partial charge >= 0.3 is 12.1 Å². The third kappa shape index (κ3) is 6.73. The molecule has 0 bridgehead atoms. The first-order chi connectivity index (χ1) is 14.8. The van der Waals surface area contributed by atoms with Crippen LogP contribution in [0.5, 0.6) is 11.5 Å². The first-order valence-corrected chi connectivity index (χ1v) is 10.7. The molecule has 2 atom stereocenters. The summed E-state index contributed by atoms with van der Waals surface area (Å²) < 4.78 is 21.3. The number of hydrogen-bond acceptors (Lipinski definition) is 8. The lowest BCUT2D eigenvalue weighted by molar-refractivity contribution is -0.166. The van der Waals surface area contributed by atoms with Gasteiger partial charge in [0, 0.05) is 52.7 Å². The summed E-state index contributed by atoms with van der Waals surface area (Å²) in [5, 5.41) is 0. The number of likely N-dealkylation sites (N-methyl/N-ethyl adjacent to an activating group) is 2. The molecule has 1 aromatic rings. The highest BCUT2D eigenvalue weighted by Gasteiger charge is 2.23. The number of carbonyl (C=O) groups is 2. The Morgan fingerprint density at radius 2 is 1.81 bits per heavy atom. The standard InChI is InChI=1S/C22H33N3O6/c1-16(13-18-5-6-19-20(14-18)29-15-28-19)24(4)22(27)31-17(2)30-21(26)7-8-25-11-9-23(3)10-12-25/h5-6,14,16-17H,7-13,15H2,1-4H3. The van der Waals surface area contributed by atoms with Crippen molar-refractivity contribution in [2.45, 2.75) is 39.0 Å². The number of rotatable bonds is 8. The van der Waals surface area contributed by atoms with Crippen LogP contribution in [0.4, 0.5) is 4.79 Å². The molecule has 0 aromatic heterocycles. The molecule has 0 saturated carbocycles. The van der Waals surface area contributed by atoms with Crippen LogP contribution in [-0.2, 0) is 20.7 Å². The van der Waals surface area contributed by atoms with E-state index in [1.165, 1.54) is 4.90 Å². The maximum Gasteiger partial charge on any atom is 0.412 e. The molecule has 2 heterocycles.